The van der Waals surface area contributed by atoms with E-state index in [-0.39, 0.29) is 92.0 Å². The van der Waals surface area contributed by atoms with Crippen molar-refractivity contribution in [1.82, 2.24) is 53.5 Å². The van der Waals surface area contributed by atoms with Gasteiger partial charge >= 0.3 is 11.4 Å². The van der Waals surface area contributed by atoms with Gasteiger partial charge in [0.05, 0.1) is 13.1 Å². The Kier molecular flexibility index (Phi) is 15.1. The molecule has 1 amide bonds. The van der Waals surface area contributed by atoms with Crippen LogP contribution >= 0.6 is 0 Å². The monoisotopic (exact) mass is 922 g/mol. The van der Waals surface area contributed by atoms with E-state index in [0.717, 1.165) is 18.3 Å². The van der Waals surface area contributed by atoms with Gasteiger partial charge in [0, 0.05) is 79.5 Å². The Bertz CT molecular complexity index is 3190. The maximum atomic E-state index is 13.9. The summed E-state index contributed by atoms with van der Waals surface area (Å²) in [6, 6.07) is 25.2. The van der Waals surface area contributed by atoms with E-state index in [1.165, 1.54) is 26.2 Å². The quantitative estimate of drug-likeness (QED) is 0.0429. The van der Waals surface area contributed by atoms with Crippen molar-refractivity contribution in [2.45, 2.75) is 26.9 Å². The van der Waals surface area contributed by atoms with Gasteiger partial charge in [0.25, 0.3) is 17.0 Å². The molecule has 0 aliphatic rings. The van der Waals surface area contributed by atoms with Crippen LogP contribution in [0, 0.1) is 13.8 Å². The second-order valence-corrected chi connectivity index (χ2v) is 15.0. The van der Waals surface area contributed by atoms with Crippen LogP contribution in [0.1, 0.15) is 42.2 Å². The number of carbonyl (C=O) groups is 3. The molecule has 0 saturated heterocycles. The highest BCUT2D eigenvalue weighted by molar-refractivity contribution is 5.96. The van der Waals surface area contributed by atoms with Gasteiger partial charge in [-0.15, -0.1) is 0 Å². The molecule has 0 bridgehead atoms. The van der Waals surface area contributed by atoms with Crippen LogP contribution < -0.4 is 54.8 Å². The first-order chi connectivity index (χ1) is 32.9. The topological polar surface area (TPSA) is 303 Å². The molecule has 23 heteroatoms. The minimum atomic E-state index is -0.873. The first-order valence-corrected chi connectivity index (χ1v) is 21.2. The first-order valence-electron chi connectivity index (χ1n) is 21.2. The zero-order chi connectivity index (χ0) is 48.2. The standard InChI is InChI=1S/C45H46N16O7/c1-28-24-60(44(67)58(36(28)65)26-33(62)30-12-6-3-7-13-30)42-54-38(48-19-18-46)52-40(56-42)50-22-23-51-41-53-39(49-21-20-47-35(64)32-16-10-5-11-17-32)55-43(57-41)61-25-29(2)37(66)59(45(61)68)27-34(63)31-14-8-4-9-15-31/h3-17,24-25H,18-23,26-27,46H2,1-2H3,(H,47,64)(H2,48,50,52,54,56)(H2,49,51,53,55,57). The van der Waals surface area contributed by atoms with Crippen LogP contribution in [0.4, 0.5) is 23.8 Å². The Balaban J connectivity index is 1.13. The lowest BCUT2D eigenvalue weighted by Gasteiger charge is -2.14. The fraction of sp³-hybridized carbons (Fsp3) is 0.222. The Labute approximate surface area is 386 Å². The molecule has 7 N–H and O–H groups in total. The van der Waals surface area contributed by atoms with Gasteiger partial charge in [-0.1, -0.05) is 78.9 Å². The third kappa shape index (κ3) is 11.4. The minimum Gasteiger partial charge on any atom is -0.353 e. The molecule has 4 aromatic heterocycles. The fourth-order valence-electron chi connectivity index (χ4n) is 6.59. The van der Waals surface area contributed by atoms with Crippen LogP contribution in [0.2, 0.25) is 0 Å². The number of Topliss-reactive ketones (excluding diaryl/α,β-unsaturated/α-hetero) is 2. The molecule has 7 rings (SSSR count). The number of hydrogen-bond acceptors (Lipinski definition) is 18. The Morgan fingerprint density at radius 2 is 0.838 bits per heavy atom. The van der Waals surface area contributed by atoms with Crippen LogP contribution in [-0.2, 0) is 13.1 Å². The number of amides is 1. The van der Waals surface area contributed by atoms with Crippen molar-refractivity contribution in [2.75, 3.05) is 60.5 Å². The van der Waals surface area contributed by atoms with Gasteiger partial charge in [0.1, 0.15) is 0 Å². The maximum absolute atomic E-state index is 13.9. The Morgan fingerprint density at radius 3 is 1.22 bits per heavy atom. The van der Waals surface area contributed by atoms with Gasteiger partial charge in [0.15, 0.2) is 11.6 Å². The van der Waals surface area contributed by atoms with Crippen LogP contribution in [0.5, 0.6) is 0 Å². The number of benzene rings is 3. The van der Waals surface area contributed by atoms with Crippen molar-refractivity contribution in [1.29, 1.82) is 0 Å². The van der Waals surface area contributed by atoms with Crippen LogP contribution in [0.25, 0.3) is 11.9 Å². The van der Waals surface area contributed by atoms with Gasteiger partial charge in [0.2, 0.25) is 35.7 Å². The number of nitrogens with one attached hydrogen (secondary N) is 5. The van der Waals surface area contributed by atoms with Crippen molar-refractivity contribution < 1.29 is 14.4 Å². The molecule has 3 aromatic carbocycles. The molecular weight excluding hydrogens is 877 g/mol. The number of carbonyl (C=O) groups excluding carboxylic acids is 3. The predicted octanol–water partition coefficient (Wildman–Crippen LogP) is 0.801. The molecular formula is C45H46N16O7. The fourth-order valence-corrected chi connectivity index (χ4v) is 6.59. The third-order valence-electron chi connectivity index (χ3n) is 10.0. The SMILES string of the molecule is Cc1cn(-c2nc(NCCN)nc(NCCNc3nc(NCCNC(=O)c4ccccc4)nc(-n4cc(C)c(=O)n(CC(=O)c5ccccc5)c4=O)n3)n2)c(=O)n(CC(=O)c2ccccc2)c1=O. The molecule has 0 spiro atoms. The smallest absolute Gasteiger partial charge is 0.338 e. The Morgan fingerprint density at radius 1 is 0.485 bits per heavy atom. The van der Waals surface area contributed by atoms with E-state index >= 15 is 0 Å². The van der Waals surface area contributed by atoms with E-state index in [9.17, 15) is 33.6 Å². The Hall–Kier alpha value is -8.99. The number of aromatic nitrogens is 10. The van der Waals surface area contributed by atoms with E-state index in [0.29, 0.717) is 16.7 Å². The highest BCUT2D eigenvalue weighted by Gasteiger charge is 2.20. The molecule has 68 heavy (non-hydrogen) atoms. The van der Waals surface area contributed by atoms with Crippen LogP contribution in [-0.4, -0.2) is 105 Å². The van der Waals surface area contributed by atoms with E-state index in [4.69, 9.17) is 5.73 Å². The molecule has 0 fully saturated rings. The van der Waals surface area contributed by atoms with Gasteiger partial charge in [-0.2, -0.15) is 29.9 Å². The zero-order valence-corrected chi connectivity index (χ0v) is 36.9. The molecule has 0 aliphatic heterocycles. The van der Waals surface area contributed by atoms with Crippen molar-refractivity contribution in [3.8, 4) is 11.9 Å². The van der Waals surface area contributed by atoms with Crippen molar-refractivity contribution in [3.63, 3.8) is 0 Å². The highest BCUT2D eigenvalue weighted by atomic mass is 16.2. The molecule has 4 heterocycles. The molecule has 0 unspecified atom stereocenters. The molecule has 0 atom stereocenters. The lowest BCUT2D eigenvalue weighted by Crippen LogP contribution is -2.42. The third-order valence-corrected chi connectivity index (χ3v) is 10.0. The molecule has 0 radical (unpaired) electrons. The maximum Gasteiger partial charge on any atom is 0.338 e. The number of anilines is 4. The van der Waals surface area contributed by atoms with E-state index in [1.54, 1.807) is 91.0 Å². The summed E-state index contributed by atoms with van der Waals surface area (Å²) in [6.45, 7) is 2.98. The van der Waals surface area contributed by atoms with Crippen molar-refractivity contribution in [2.24, 2.45) is 5.73 Å². The largest absolute Gasteiger partial charge is 0.353 e. The number of ketones is 2. The van der Waals surface area contributed by atoms with E-state index < -0.39 is 47.2 Å². The molecule has 7 aromatic rings. The lowest BCUT2D eigenvalue weighted by atomic mass is 10.1. The summed E-state index contributed by atoms with van der Waals surface area (Å²) < 4.78 is 3.71. The average molecular weight is 923 g/mol. The summed E-state index contributed by atoms with van der Waals surface area (Å²) >= 11 is 0. The van der Waals surface area contributed by atoms with Gasteiger partial charge in [-0.25, -0.2) is 18.7 Å². The summed E-state index contributed by atoms with van der Waals surface area (Å²) in [5.74, 6) is -1.46. The summed E-state index contributed by atoms with van der Waals surface area (Å²) in [6.07, 6.45) is 2.55. The number of nitrogens with two attached hydrogens (primary N) is 1. The van der Waals surface area contributed by atoms with Gasteiger partial charge in [-0.3, -0.25) is 33.1 Å². The number of nitrogens with zero attached hydrogens (tertiary/aromatic N) is 10. The van der Waals surface area contributed by atoms with Crippen LogP contribution in [0.15, 0.2) is 123 Å². The highest BCUT2D eigenvalue weighted by Crippen LogP contribution is 2.12. The number of aryl methyl sites for hydroxylation is 2. The lowest BCUT2D eigenvalue weighted by molar-refractivity contribution is 0.0950. The minimum absolute atomic E-state index is 0.00681. The van der Waals surface area contributed by atoms with Gasteiger partial charge in [-0.05, 0) is 26.0 Å². The van der Waals surface area contributed by atoms with Gasteiger partial charge < -0.3 is 32.3 Å². The summed E-state index contributed by atoms with van der Waals surface area (Å²) in [4.78, 5) is 120. The second kappa shape index (κ2) is 21.8. The van der Waals surface area contributed by atoms with Crippen LogP contribution in [0.3, 0.4) is 0 Å². The summed E-state index contributed by atoms with van der Waals surface area (Å²) in [5, 5.41) is 14.9. The number of hydrogen-bond donors (Lipinski definition) is 6. The van der Waals surface area contributed by atoms with Crippen molar-refractivity contribution >= 4 is 41.3 Å². The first kappa shape index (κ1) is 47.0. The zero-order valence-electron chi connectivity index (χ0n) is 36.9. The molecule has 0 saturated carbocycles. The molecule has 23 nitrogen and oxygen atoms in total. The average Bonchev–Trinajstić information content (AvgIpc) is 3.36. The van der Waals surface area contributed by atoms with E-state index in [2.05, 4.69) is 56.5 Å². The van der Waals surface area contributed by atoms with Crippen molar-refractivity contribution in [3.05, 3.63) is 173 Å². The number of rotatable bonds is 21. The molecule has 348 valence electrons. The predicted molar refractivity (Wildman–Crippen MR) is 252 cm³/mol. The normalized spacial score (nSPS) is 10.9. The van der Waals surface area contributed by atoms with E-state index in [1.807, 2.05) is 0 Å². The molecule has 0 aliphatic carbocycles. The summed E-state index contributed by atoms with van der Waals surface area (Å²) in [5.41, 5.74) is 4.09. The summed E-state index contributed by atoms with van der Waals surface area (Å²) in [7, 11) is 0. The second-order valence-electron chi connectivity index (χ2n) is 15.0.